The Morgan fingerprint density at radius 3 is 2.21 bits per heavy atom. The van der Waals surface area contributed by atoms with Crippen LogP contribution in [-0.4, -0.2) is 18.9 Å². The first-order valence-electron chi connectivity index (χ1n) is 10.2. The molecule has 0 fully saturated rings. The van der Waals surface area contributed by atoms with Crippen LogP contribution in [0.25, 0.3) is 0 Å². The quantitative estimate of drug-likeness (QED) is 0.389. The average Bonchev–Trinajstić information content (AvgIpc) is 2.80. The Hall–Kier alpha value is -2.96. The summed E-state index contributed by atoms with van der Waals surface area (Å²) in [5.41, 5.74) is 1.94. The fraction of sp³-hybridized carbons (Fsp3) is 0.200. The highest BCUT2D eigenvalue weighted by Crippen LogP contribution is 2.31. The van der Waals surface area contributed by atoms with Gasteiger partial charge >= 0.3 is 0 Å². The number of anilines is 2. The lowest BCUT2D eigenvalue weighted by Crippen LogP contribution is -2.26. The molecule has 0 unspecified atom stereocenters. The number of hydrogen-bond acceptors (Lipinski definition) is 2. The number of alkyl halides is 2. The van der Waals surface area contributed by atoms with Crippen molar-refractivity contribution in [3.8, 4) is 0 Å². The van der Waals surface area contributed by atoms with Gasteiger partial charge in [0, 0.05) is 35.3 Å². The molecule has 8 heteroatoms. The molecule has 0 atom stereocenters. The van der Waals surface area contributed by atoms with Gasteiger partial charge in [0.15, 0.2) is 0 Å². The van der Waals surface area contributed by atoms with Crippen LogP contribution in [-0.2, 0) is 17.1 Å². The lowest BCUT2D eigenvalue weighted by atomic mass is 10.0. The van der Waals surface area contributed by atoms with Crippen molar-refractivity contribution in [3.05, 3.63) is 93.5 Å². The Balaban J connectivity index is 1.62. The molecule has 0 saturated heterocycles. The molecule has 0 radical (unpaired) electrons. The van der Waals surface area contributed by atoms with Gasteiger partial charge in [-0.1, -0.05) is 54.4 Å². The number of hydrogen-bond donors (Lipinski definition) is 1. The van der Waals surface area contributed by atoms with E-state index in [-0.39, 0.29) is 30.2 Å². The number of halogens is 4. The maximum atomic E-state index is 13.7. The minimum absolute atomic E-state index is 0.0364. The van der Waals surface area contributed by atoms with E-state index >= 15 is 0 Å². The summed E-state index contributed by atoms with van der Waals surface area (Å²) in [6.45, 7) is 1.42. The van der Waals surface area contributed by atoms with Gasteiger partial charge in [0.2, 0.25) is 5.91 Å². The summed E-state index contributed by atoms with van der Waals surface area (Å²) in [6, 6.07) is 17.0. The number of nitrogens with one attached hydrogen (secondary N) is 1. The molecule has 0 bridgehead atoms. The second-order valence-electron chi connectivity index (χ2n) is 7.52. The van der Waals surface area contributed by atoms with E-state index in [0.717, 1.165) is 0 Å². The molecule has 0 aromatic heterocycles. The molecule has 172 valence electrons. The summed E-state index contributed by atoms with van der Waals surface area (Å²) in [7, 11) is 1.59. The van der Waals surface area contributed by atoms with Crippen LogP contribution in [0.5, 0.6) is 0 Å². The zero-order chi connectivity index (χ0) is 24.2. The number of carbonyl (C=O) groups excluding carboxylic acids is 2. The third-order valence-electron chi connectivity index (χ3n) is 5.17. The Labute approximate surface area is 201 Å². The molecule has 3 rings (SSSR count). The Bertz CT molecular complexity index is 1150. The SMILES string of the molecule is CCC(F)(F)c1ccc(CC(=O)Nc2ccc(C(=O)N(C)c3cc(Cl)ccc3Cl)cc2)cc1. The molecule has 0 heterocycles. The third-order valence-corrected chi connectivity index (χ3v) is 5.73. The minimum Gasteiger partial charge on any atom is -0.326 e. The number of carbonyl (C=O) groups is 2. The van der Waals surface area contributed by atoms with Gasteiger partial charge in [0.1, 0.15) is 0 Å². The summed E-state index contributed by atoms with van der Waals surface area (Å²) < 4.78 is 27.4. The van der Waals surface area contributed by atoms with Crippen LogP contribution in [0.15, 0.2) is 66.7 Å². The van der Waals surface area contributed by atoms with E-state index in [1.54, 1.807) is 49.5 Å². The lowest BCUT2D eigenvalue weighted by molar-refractivity contribution is -0.115. The fourth-order valence-corrected chi connectivity index (χ4v) is 3.61. The monoisotopic (exact) mass is 490 g/mol. The Morgan fingerprint density at radius 1 is 0.970 bits per heavy atom. The zero-order valence-electron chi connectivity index (χ0n) is 18.0. The van der Waals surface area contributed by atoms with Gasteiger partial charge in [-0.2, -0.15) is 0 Å². The van der Waals surface area contributed by atoms with Crippen molar-refractivity contribution in [2.24, 2.45) is 0 Å². The van der Waals surface area contributed by atoms with Gasteiger partial charge in [-0.15, -0.1) is 0 Å². The molecule has 3 aromatic rings. The van der Waals surface area contributed by atoms with E-state index in [2.05, 4.69) is 5.32 Å². The van der Waals surface area contributed by atoms with Crippen LogP contribution < -0.4 is 10.2 Å². The normalized spacial score (nSPS) is 11.2. The van der Waals surface area contributed by atoms with E-state index in [4.69, 9.17) is 23.2 Å². The molecular weight excluding hydrogens is 469 g/mol. The molecule has 33 heavy (non-hydrogen) atoms. The molecule has 0 aliphatic heterocycles. The topological polar surface area (TPSA) is 49.4 Å². The van der Waals surface area contributed by atoms with Crippen LogP contribution in [0, 0.1) is 0 Å². The predicted molar refractivity (Wildman–Crippen MR) is 129 cm³/mol. The first kappa shape index (κ1) is 24.7. The zero-order valence-corrected chi connectivity index (χ0v) is 19.6. The van der Waals surface area contributed by atoms with Gasteiger partial charge in [0.25, 0.3) is 11.8 Å². The first-order chi connectivity index (χ1) is 15.6. The Morgan fingerprint density at radius 2 is 1.61 bits per heavy atom. The van der Waals surface area contributed by atoms with Gasteiger partial charge in [-0.3, -0.25) is 9.59 Å². The first-order valence-corrected chi connectivity index (χ1v) is 11.0. The minimum atomic E-state index is -2.88. The highest BCUT2D eigenvalue weighted by molar-refractivity contribution is 6.36. The summed E-state index contributed by atoms with van der Waals surface area (Å²) in [4.78, 5) is 26.5. The van der Waals surface area contributed by atoms with Crippen molar-refractivity contribution < 1.29 is 18.4 Å². The van der Waals surface area contributed by atoms with Gasteiger partial charge < -0.3 is 10.2 Å². The van der Waals surface area contributed by atoms with Crippen LogP contribution in [0.3, 0.4) is 0 Å². The van der Waals surface area contributed by atoms with E-state index in [1.165, 1.54) is 36.1 Å². The summed E-state index contributed by atoms with van der Waals surface area (Å²) in [5.74, 6) is -3.47. The number of rotatable bonds is 7. The number of amides is 2. The standard InChI is InChI=1S/C25H22Cl2F2N2O2/c1-3-25(28,29)18-8-4-16(5-9-18)14-23(32)30-20-11-6-17(7-12-20)24(33)31(2)22-15-19(26)10-13-21(22)27/h4-13,15H,3,14H2,1-2H3,(H,30,32). The van der Waals surface area contributed by atoms with E-state index in [0.29, 0.717) is 32.5 Å². The lowest BCUT2D eigenvalue weighted by Gasteiger charge is -2.19. The van der Waals surface area contributed by atoms with Crippen molar-refractivity contribution in [3.63, 3.8) is 0 Å². The van der Waals surface area contributed by atoms with Gasteiger partial charge in [-0.05, 0) is 48.0 Å². The maximum Gasteiger partial charge on any atom is 0.273 e. The molecule has 0 saturated carbocycles. The second-order valence-corrected chi connectivity index (χ2v) is 8.36. The Kier molecular flexibility index (Phi) is 7.72. The van der Waals surface area contributed by atoms with Crippen molar-refractivity contribution in [1.29, 1.82) is 0 Å². The van der Waals surface area contributed by atoms with Gasteiger partial charge in [0.05, 0.1) is 17.1 Å². The van der Waals surface area contributed by atoms with Crippen LogP contribution in [0.4, 0.5) is 20.2 Å². The van der Waals surface area contributed by atoms with Crippen molar-refractivity contribution in [2.45, 2.75) is 25.7 Å². The largest absolute Gasteiger partial charge is 0.326 e. The fourth-order valence-electron chi connectivity index (χ4n) is 3.20. The smallest absolute Gasteiger partial charge is 0.273 e. The maximum absolute atomic E-state index is 13.7. The third kappa shape index (κ3) is 6.09. The predicted octanol–water partition coefficient (Wildman–Crippen LogP) is 6.95. The molecule has 2 amide bonds. The number of nitrogens with zero attached hydrogens (tertiary/aromatic N) is 1. The van der Waals surface area contributed by atoms with E-state index in [1.807, 2.05) is 0 Å². The van der Waals surface area contributed by atoms with Crippen molar-refractivity contribution in [1.82, 2.24) is 0 Å². The molecule has 0 spiro atoms. The molecule has 4 nitrogen and oxygen atoms in total. The molecule has 1 N–H and O–H groups in total. The number of benzene rings is 3. The summed E-state index contributed by atoms with van der Waals surface area (Å²) in [6.07, 6.45) is -0.248. The summed E-state index contributed by atoms with van der Waals surface area (Å²) in [5, 5.41) is 3.59. The molecule has 3 aromatic carbocycles. The highest BCUT2D eigenvalue weighted by atomic mass is 35.5. The average molecular weight is 491 g/mol. The van der Waals surface area contributed by atoms with Crippen LogP contribution in [0.1, 0.15) is 34.8 Å². The van der Waals surface area contributed by atoms with Crippen LogP contribution >= 0.6 is 23.2 Å². The summed E-state index contributed by atoms with van der Waals surface area (Å²) >= 11 is 12.2. The van der Waals surface area contributed by atoms with Crippen molar-refractivity contribution >= 4 is 46.4 Å². The second kappa shape index (κ2) is 10.3. The molecular formula is C25H22Cl2F2N2O2. The highest BCUT2D eigenvalue weighted by Gasteiger charge is 2.28. The molecule has 0 aliphatic rings. The van der Waals surface area contributed by atoms with Crippen LogP contribution in [0.2, 0.25) is 10.0 Å². The van der Waals surface area contributed by atoms with E-state index < -0.39 is 5.92 Å². The van der Waals surface area contributed by atoms with Gasteiger partial charge in [-0.25, -0.2) is 8.78 Å². The van der Waals surface area contributed by atoms with Crippen molar-refractivity contribution in [2.75, 3.05) is 17.3 Å². The van der Waals surface area contributed by atoms with E-state index in [9.17, 15) is 18.4 Å². The molecule has 0 aliphatic carbocycles.